The van der Waals surface area contributed by atoms with Crippen molar-refractivity contribution in [1.29, 1.82) is 0 Å². The molecule has 1 rings (SSSR count). The van der Waals surface area contributed by atoms with Crippen LogP contribution in [-0.2, 0) is 9.59 Å². The molecule has 1 aliphatic heterocycles. The van der Waals surface area contributed by atoms with Crippen LogP contribution in [0.4, 0.5) is 0 Å². The van der Waals surface area contributed by atoms with Crippen LogP contribution in [-0.4, -0.2) is 36.1 Å². The molecule has 0 aromatic rings. The summed E-state index contributed by atoms with van der Waals surface area (Å²) in [6.07, 6.45) is 5.88. The van der Waals surface area contributed by atoms with Crippen molar-refractivity contribution >= 4 is 11.9 Å². The van der Waals surface area contributed by atoms with Gasteiger partial charge in [0.05, 0.1) is 6.04 Å². The third-order valence-corrected chi connectivity index (χ3v) is 3.69. The van der Waals surface area contributed by atoms with Gasteiger partial charge in [0.25, 0.3) is 0 Å². The van der Waals surface area contributed by atoms with Gasteiger partial charge in [0, 0.05) is 13.0 Å². The Labute approximate surface area is 115 Å². The van der Waals surface area contributed by atoms with Crippen LogP contribution in [0.25, 0.3) is 0 Å². The molecular weight excluding hydrogens is 244 g/mol. The van der Waals surface area contributed by atoms with Gasteiger partial charge in [-0.05, 0) is 38.1 Å². The van der Waals surface area contributed by atoms with E-state index < -0.39 is 5.97 Å². The Kier molecular flexibility index (Phi) is 7.48. The zero-order valence-electron chi connectivity index (χ0n) is 11.8. The lowest BCUT2D eigenvalue weighted by Gasteiger charge is -2.16. The molecule has 1 saturated heterocycles. The van der Waals surface area contributed by atoms with Gasteiger partial charge < -0.3 is 15.7 Å². The molecule has 0 spiro atoms. The molecule has 0 saturated carbocycles. The molecule has 0 bridgehead atoms. The third-order valence-electron chi connectivity index (χ3n) is 3.69. The van der Waals surface area contributed by atoms with Crippen LogP contribution < -0.4 is 10.6 Å². The Hall–Kier alpha value is -1.10. The molecule has 2 atom stereocenters. The highest BCUT2D eigenvalue weighted by atomic mass is 16.4. The summed E-state index contributed by atoms with van der Waals surface area (Å²) in [5, 5.41) is 14.8. The molecular formula is C14H26N2O3. The number of carbonyl (C=O) groups is 2. The number of hydrogen-bond donors (Lipinski definition) is 3. The summed E-state index contributed by atoms with van der Waals surface area (Å²) in [6.45, 7) is 3.69. The van der Waals surface area contributed by atoms with E-state index in [0.29, 0.717) is 18.9 Å². The van der Waals surface area contributed by atoms with E-state index in [1.165, 1.54) is 0 Å². The van der Waals surface area contributed by atoms with Gasteiger partial charge in [0.15, 0.2) is 0 Å². The van der Waals surface area contributed by atoms with Gasteiger partial charge in [-0.3, -0.25) is 9.59 Å². The number of carbonyl (C=O) groups excluding carboxylic acids is 1. The second kappa shape index (κ2) is 8.91. The maximum Gasteiger partial charge on any atom is 0.303 e. The number of amides is 1. The minimum absolute atomic E-state index is 0.0244. The largest absolute Gasteiger partial charge is 0.481 e. The van der Waals surface area contributed by atoms with E-state index in [4.69, 9.17) is 5.11 Å². The van der Waals surface area contributed by atoms with Gasteiger partial charge in [-0.1, -0.05) is 19.8 Å². The van der Waals surface area contributed by atoms with E-state index in [0.717, 1.165) is 38.6 Å². The fraction of sp³-hybridized carbons (Fsp3) is 0.857. The Morgan fingerprint density at radius 2 is 2.16 bits per heavy atom. The van der Waals surface area contributed by atoms with Crippen LogP contribution >= 0.6 is 0 Å². The van der Waals surface area contributed by atoms with E-state index in [2.05, 4.69) is 17.6 Å². The van der Waals surface area contributed by atoms with E-state index in [9.17, 15) is 9.59 Å². The summed E-state index contributed by atoms with van der Waals surface area (Å²) < 4.78 is 0. The fourth-order valence-electron chi connectivity index (χ4n) is 2.60. The topological polar surface area (TPSA) is 78.4 Å². The standard InChI is InChI=1S/C14H26N2O3/c1-2-4-11(6-7-13(17)18)8-10-16-14(19)12-5-3-9-15-12/h11-12,15H,2-10H2,1H3,(H,16,19)(H,17,18)/t11?,12-/m1/s1. The maximum atomic E-state index is 11.8. The first-order valence-corrected chi connectivity index (χ1v) is 7.36. The lowest BCUT2D eigenvalue weighted by molar-refractivity contribution is -0.137. The molecule has 1 aliphatic rings. The highest BCUT2D eigenvalue weighted by molar-refractivity contribution is 5.81. The van der Waals surface area contributed by atoms with Crippen LogP contribution in [0.2, 0.25) is 0 Å². The minimum Gasteiger partial charge on any atom is -0.481 e. The van der Waals surface area contributed by atoms with Crippen molar-refractivity contribution in [1.82, 2.24) is 10.6 Å². The average Bonchev–Trinajstić information content (AvgIpc) is 2.89. The Morgan fingerprint density at radius 3 is 2.74 bits per heavy atom. The highest BCUT2D eigenvalue weighted by Crippen LogP contribution is 2.17. The number of carboxylic acid groups (broad SMARTS) is 1. The molecule has 5 nitrogen and oxygen atoms in total. The second-order valence-corrected chi connectivity index (χ2v) is 5.32. The smallest absolute Gasteiger partial charge is 0.303 e. The van der Waals surface area contributed by atoms with Crippen LogP contribution in [0.15, 0.2) is 0 Å². The van der Waals surface area contributed by atoms with Crippen molar-refractivity contribution in [3.05, 3.63) is 0 Å². The molecule has 0 radical (unpaired) electrons. The van der Waals surface area contributed by atoms with Crippen molar-refractivity contribution in [2.24, 2.45) is 5.92 Å². The Bertz CT molecular complexity index is 288. The van der Waals surface area contributed by atoms with Crippen LogP contribution in [0.3, 0.4) is 0 Å². The van der Waals surface area contributed by atoms with E-state index in [1.54, 1.807) is 0 Å². The molecule has 0 aromatic heterocycles. The SMILES string of the molecule is CCCC(CCNC(=O)[C@H]1CCCN1)CCC(=O)O. The summed E-state index contributed by atoms with van der Waals surface area (Å²) in [5.41, 5.74) is 0. The molecule has 1 unspecified atom stereocenters. The molecule has 19 heavy (non-hydrogen) atoms. The van der Waals surface area contributed by atoms with Gasteiger partial charge in [-0.25, -0.2) is 0 Å². The maximum absolute atomic E-state index is 11.8. The lowest BCUT2D eigenvalue weighted by atomic mass is 9.94. The molecule has 0 aliphatic carbocycles. The van der Waals surface area contributed by atoms with Gasteiger partial charge in [-0.2, -0.15) is 0 Å². The molecule has 1 fully saturated rings. The molecule has 3 N–H and O–H groups in total. The number of aliphatic carboxylic acids is 1. The number of hydrogen-bond acceptors (Lipinski definition) is 3. The summed E-state index contributed by atoms with van der Waals surface area (Å²) in [7, 11) is 0. The quantitative estimate of drug-likeness (QED) is 0.593. The number of nitrogens with one attached hydrogen (secondary N) is 2. The Morgan fingerprint density at radius 1 is 1.37 bits per heavy atom. The highest BCUT2D eigenvalue weighted by Gasteiger charge is 2.21. The predicted octanol–water partition coefficient (Wildman–Crippen LogP) is 1.53. The third kappa shape index (κ3) is 6.57. The first kappa shape index (κ1) is 16.0. The fourth-order valence-corrected chi connectivity index (χ4v) is 2.60. The molecule has 0 aromatic carbocycles. The van der Waals surface area contributed by atoms with E-state index >= 15 is 0 Å². The van der Waals surface area contributed by atoms with Gasteiger partial charge in [-0.15, -0.1) is 0 Å². The summed E-state index contributed by atoms with van der Waals surface area (Å²) in [6, 6.07) is -0.0244. The van der Waals surface area contributed by atoms with Gasteiger partial charge in [0.1, 0.15) is 0 Å². The second-order valence-electron chi connectivity index (χ2n) is 5.32. The zero-order chi connectivity index (χ0) is 14.1. The minimum atomic E-state index is -0.736. The van der Waals surface area contributed by atoms with E-state index in [1.807, 2.05) is 0 Å². The van der Waals surface area contributed by atoms with Crippen LogP contribution in [0.1, 0.15) is 51.9 Å². The molecule has 110 valence electrons. The summed E-state index contributed by atoms with van der Waals surface area (Å²) in [5.74, 6) is -0.246. The van der Waals surface area contributed by atoms with Crippen molar-refractivity contribution in [2.45, 2.75) is 57.9 Å². The number of rotatable bonds is 9. The lowest BCUT2D eigenvalue weighted by Crippen LogP contribution is -2.41. The average molecular weight is 270 g/mol. The number of carboxylic acids is 1. The van der Waals surface area contributed by atoms with Crippen LogP contribution in [0.5, 0.6) is 0 Å². The normalized spacial score (nSPS) is 20.2. The van der Waals surface area contributed by atoms with Crippen molar-refractivity contribution in [3.63, 3.8) is 0 Å². The van der Waals surface area contributed by atoms with Crippen molar-refractivity contribution in [3.8, 4) is 0 Å². The monoisotopic (exact) mass is 270 g/mol. The predicted molar refractivity (Wildman–Crippen MR) is 73.9 cm³/mol. The molecule has 1 amide bonds. The van der Waals surface area contributed by atoms with Crippen molar-refractivity contribution < 1.29 is 14.7 Å². The van der Waals surface area contributed by atoms with Gasteiger partial charge in [0.2, 0.25) is 5.91 Å². The van der Waals surface area contributed by atoms with Crippen LogP contribution in [0, 0.1) is 5.92 Å². The zero-order valence-corrected chi connectivity index (χ0v) is 11.8. The summed E-state index contributed by atoms with van der Waals surface area (Å²) in [4.78, 5) is 22.4. The summed E-state index contributed by atoms with van der Waals surface area (Å²) >= 11 is 0. The molecule has 1 heterocycles. The molecule has 5 heteroatoms. The van der Waals surface area contributed by atoms with E-state index in [-0.39, 0.29) is 18.4 Å². The Balaban J connectivity index is 2.19. The van der Waals surface area contributed by atoms with Gasteiger partial charge >= 0.3 is 5.97 Å². The van der Waals surface area contributed by atoms with Crippen molar-refractivity contribution in [2.75, 3.05) is 13.1 Å². The first-order valence-electron chi connectivity index (χ1n) is 7.36. The first-order chi connectivity index (χ1) is 9.13.